The third kappa shape index (κ3) is 6.84. The summed E-state index contributed by atoms with van der Waals surface area (Å²) in [6, 6.07) is 11.7. The molecule has 0 atom stereocenters. The van der Waals surface area contributed by atoms with Crippen LogP contribution in [0.2, 0.25) is 0 Å². The molecule has 3 aromatic rings. The average molecular weight is 489 g/mol. The summed E-state index contributed by atoms with van der Waals surface area (Å²) in [7, 11) is 0. The molecule has 186 valence electrons. The molecule has 0 saturated heterocycles. The number of halogens is 3. The van der Waals surface area contributed by atoms with E-state index in [0.717, 1.165) is 17.7 Å². The first kappa shape index (κ1) is 25.8. The van der Waals surface area contributed by atoms with Crippen LogP contribution in [0.3, 0.4) is 0 Å². The lowest BCUT2D eigenvalue weighted by atomic mass is 10.1. The van der Waals surface area contributed by atoms with E-state index in [2.05, 4.69) is 15.7 Å². The summed E-state index contributed by atoms with van der Waals surface area (Å²) in [5.74, 6) is -0.629. The molecule has 7 nitrogen and oxygen atoms in total. The van der Waals surface area contributed by atoms with E-state index in [9.17, 15) is 22.8 Å². The molecule has 2 aromatic carbocycles. The van der Waals surface area contributed by atoms with Crippen molar-refractivity contribution in [3.63, 3.8) is 0 Å². The zero-order valence-corrected chi connectivity index (χ0v) is 19.9. The molecule has 3 rings (SSSR count). The number of carbonyl (C=O) groups is 2. The predicted molar refractivity (Wildman–Crippen MR) is 126 cm³/mol. The summed E-state index contributed by atoms with van der Waals surface area (Å²) in [6.07, 6.45) is -2.67. The molecule has 35 heavy (non-hydrogen) atoms. The lowest BCUT2D eigenvalue weighted by Crippen LogP contribution is -2.33. The van der Waals surface area contributed by atoms with E-state index in [1.807, 2.05) is 32.9 Å². The number of nitrogens with zero attached hydrogens (tertiary/aromatic N) is 2. The number of aromatic nitrogens is 2. The predicted octanol–water partition coefficient (Wildman–Crippen LogP) is 5.38. The van der Waals surface area contributed by atoms with E-state index >= 15 is 0 Å². The van der Waals surface area contributed by atoms with Gasteiger partial charge in [0.1, 0.15) is 5.75 Å². The maximum Gasteiger partial charge on any atom is 0.416 e. The molecule has 0 unspecified atom stereocenters. The van der Waals surface area contributed by atoms with Gasteiger partial charge >= 0.3 is 6.18 Å². The Morgan fingerprint density at radius 3 is 2.34 bits per heavy atom. The monoisotopic (exact) mass is 488 g/mol. The van der Waals surface area contributed by atoms with Gasteiger partial charge in [-0.25, -0.2) is 0 Å². The van der Waals surface area contributed by atoms with Gasteiger partial charge in [0.2, 0.25) is 5.91 Å². The molecule has 0 aliphatic carbocycles. The Bertz CT molecular complexity index is 1200. The maximum absolute atomic E-state index is 13.1. The first-order valence-electron chi connectivity index (χ1n) is 10.9. The lowest BCUT2D eigenvalue weighted by Gasteiger charge is -2.22. The van der Waals surface area contributed by atoms with E-state index in [1.54, 1.807) is 12.1 Å². The van der Waals surface area contributed by atoms with Crippen LogP contribution >= 0.6 is 0 Å². The maximum atomic E-state index is 13.1. The van der Waals surface area contributed by atoms with Crippen LogP contribution in [-0.2, 0) is 22.9 Å². The summed E-state index contributed by atoms with van der Waals surface area (Å²) in [5.41, 5.74) is 0.298. The third-order valence-electron chi connectivity index (χ3n) is 4.95. The second kappa shape index (κ2) is 10.2. The molecule has 0 aliphatic heterocycles. The molecule has 2 amide bonds. The smallest absolute Gasteiger partial charge is 0.416 e. The molecule has 1 heterocycles. The highest BCUT2D eigenvalue weighted by atomic mass is 19.4. The van der Waals surface area contributed by atoms with Crippen LogP contribution in [0.1, 0.15) is 49.3 Å². The number of hydrogen-bond acceptors (Lipinski definition) is 4. The summed E-state index contributed by atoms with van der Waals surface area (Å²) < 4.78 is 46.4. The topological polar surface area (TPSA) is 85.2 Å². The fourth-order valence-electron chi connectivity index (χ4n) is 3.35. The number of rotatable bonds is 7. The van der Waals surface area contributed by atoms with Crippen molar-refractivity contribution in [2.75, 3.05) is 11.9 Å². The number of amides is 2. The minimum Gasteiger partial charge on any atom is -0.453 e. The van der Waals surface area contributed by atoms with E-state index in [1.165, 1.54) is 29.9 Å². The van der Waals surface area contributed by atoms with E-state index < -0.39 is 23.2 Å². The normalized spacial score (nSPS) is 11.7. The second-order valence-corrected chi connectivity index (χ2v) is 8.95. The van der Waals surface area contributed by atoms with Gasteiger partial charge in [-0.3, -0.25) is 14.3 Å². The average Bonchev–Trinajstić information content (AvgIpc) is 3.18. The zero-order valence-electron chi connectivity index (χ0n) is 19.9. The Kier molecular flexibility index (Phi) is 7.52. The molecule has 0 aliphatic rings. The number of carbonyl (C=O) groups excluding carboxylic acids is 2. The number of anilines is 1. The third-order valence-corrected chi connectivity index (χ3v) is 4.95. The lowest BCUT2D eigenvalue weighted by molar-refractivity contribution is -0.137. The quantitative estimate of drug-likeness (QED) is 0.468. The number of nitrogens with one attached hydrogen (secondary N) is 2. The van der Waals surface area contributed by atoms with Gasteiger partial charge < -0.3 is 15.4 Å². The van der Waals surface area contributed by atoms with Crippen LogP contribution in [0.4, 0.5) is 18.9 Å². The number of ether oxygens (including phenoxy) is 1. The minimum absolute atomic E-state index is 0.0522. The summed E-state index contributed by atoms with van der Waals surface area (Å²) >= 11 is 0. The van der Waals surface area contributed by atoms with Gasteiger partial charge in [0.25, 0.3) is 5.91 Å². The summed E-state index contributed by atoms with van der Waals surface area (Å²) in [5, 5.41) is 9.76. The van der Waals surface area contributed by atoms with Crippen LogP contribution in [-0.4, -0.2) is 28.1 Å². The SMILES string of the molecule is CC(=O)Nc1ccc(CCNC(=O)c2c(Oc3cccc(C(F)(F)F)c3)cnn2C(C)(C)C)cc1. The Morgan fingerprint density at radius 2 is 1.74 bits per heavy atom. The Labute approximate surface area is 201 Å². The first-order chi connectivity index (χ1) is 16.3. The number of hydrogen-bond donors (Lipinski definition) is 2. The number of alkyl halides is 3. The van der Waals surface area contributed by atoms with Gasteiger partial charge in [-0.15, -0.1) is 0 Å². The van der Waals surface area contributed by atoms with Crippen LogP contribution in [0.15, 0.2) is 54.7 Å². The Hall–Kier alpha value is -3.82. The van der Waals surface area contributed by atoms with Crippen LogP contribution in [0.5, 0.6) is 11.5 Å². The van der Waals surface area contributed by atoms with E-state index in [-0.39, 0.29) is 23.1 Å². The van der Waals surface area contributed by atoms with Gasteiger partial charge in [0.15, 0.2) is 11.4 Å². The molecular weight excluding hydrogens is 461 g/mol. The summed E-state index contributed by atoms with van der Waals surface area (Å²) in [6.45, 7) is 7.28. The van der Waals surface area contributed by atoms with Crippen LogP contribution in [0.25, 0.3) is 0 Å². The molecule has 0 radical (unpaired) electrons. The standard InChI is InChI=1S/C25H27F3N4O3/c1-16(33)31-19-10-8-17(9-11-19)12-13-29-23(34)22-21(15-30-32(22)24(2,3)4)35-20-7-5-6-18(14-20)25(26,27)28/h5-11,14-15H,12-13H2,1-4H3,(H,29,34)(H,31,33). The highest BCUT2D eigenvalue weighted by Crippen LogP contribution is 2.34. The van der Waals surface area contributed by atoms with Crippen molar-refractivity contribution < 1.29 is 27.5 Å². The summed E-state index contributed by atoms with van der Waals surface area (Å²) in [4.78, 5) is 24.2. The van der Waals surface area contributed by atoms with Crippen molar-refractivity contribution in [3.8, 4) is 11.5 Å². The van der Waals surface area contributed by atoms with Crippen molar-refractivity contribution in [2.24, 2.45) is 0 Å². The number of benzene rings is 2. The van der Waals surface area contributed by atoms with Crippen molar-refractivity contribution in [2.45, 2.75) is 45.8 Å². The van der Waals surface area contributed by atoms with Crippen molar-refractivity contribution >= 4 is 17.5 Å². The molecule has 2 N–H and O–H groups in total. The van der Waals surface area contributed by atoms with Gasteiger partial charge in [-0.1, -0.05) is 18.2 Å². The Balaban J connectivity index is 1.75. The molecule has 0 fully saturated rings. The molecule has 0 spiro atoms. The van der Waals surface area contributed by atoms with Crippen molar-refractivity contribution in [1.29, 1.82) is 0 Å². The zero-order chi connectivity index (χ0) is 25.8. The second-order valence-electron chi connectivity index (χ2n) is 8.95. The largest absolute Gasteiger partial charge is 0.453 e. The van der Waals surface area contributed by atoms with E-state index in [0.29, 0.717) is 18.7 Å². The van der Waals surface area contributed by atoms with Crippen molar-refractivity contribution in [3.05, 3.63) is 71.5 Å². The van der Waals surface area contributed by atoms with Crippen LogP contribution in [0, 0.1) is 0 Å². The van der Waals surface area contributed by atoms with Gasteiger partial charge in [0.05, 0.1) is 17.3 Å². The van der Waals surface area contributed by atoms with Gasteiger partial charge in [-0.05, 0) is 63.1 Å². The van der Waals surface area contributed by atoms with Gasteiger partial charge in [0, 0.05) is 19.2 Å². The molecule has 0 bridgehead atoms. The molecule has 10 heteroatoms. The first-order valence-corrected chi connectivity index (χ1v) is 10.9. The molecular formula is C25H27F3N4O3. The highest BCUT2D eigenvalue weighted by molar-refractivity contribution is 5.95. The van der Waals surface area contributed by atoms with Crippen LogP contribution < -0.4 is 15.4 Å². The van der Waals surface area contributed by atoms with E-state index in [4.69, 9.17) is 4.74 Å². The molecule has 0 saturated carbocycles. The minimum atomic E-state index is -4.52. The highest BCUT2D eigenvalue weighted by Gasteiger charge is 2.31. The fourth-order valence-corrected chi connectivity index (χ4v) is 3.35. The fraction of sp³-hybridized carbons (Fsp3) is 0.320. The Morgan fingerprint density at radius 1 is 1.06 bits per heavy atom. The molecule has 1 aromatic heterocycles. The van der Waals surface area contributed by atoms with Crippen molar-refractivity contribution in [1.82, 2.24) is 15.1 Å². The van der Waals surface area contributed by atoms with Gasteiger partial charge in [-0.2, -0.15) is 18.3 Å².